The highest BCUT2D eigenvalue weighted by Crippen LogP contribution is 2.28. The SMILES string of the molecule is O=C(C1CCN(S(=O)(=O)c2ccc(-c3noc(-c4ccccc4)n3)cc2)CC1)N1CCCC1. The van der Waals surface area contributed by atoms with Crippen molar-refractivity contribution in [1.82, 2.24) is 19.3 Å². The first-order chi connectivity index (χ1) is 16.0. The Morgan fingerprint density at radius 1 is 0.879 bits per heavy atom. The quantitative estimate of drug-likeness (QED) is 0.572. The van der Waals surface area contributed by atoms with Crippen molar-refractivity contribution in [3.8, 4) is 22.8 Å². The van der Waals surface area contributed by atoms with Gasteiger partial charge in [-0.15, -0.1) is 0 Å². The van der Waals surface area contributed by atoms with Crippen LogP contribution in [0.5, 0.6) is 0 Å². The van der Waals surface area contributed by atoms with Gasteiger partial charge in [0.05, 0.1) is 4.90 Å². The first kappa shape index (κ1) is 21.8. The Bertz CT molecular complexity index is 1210. The van der Waals surface area contributed by atoms with Gasteiger partial charge in [0.25, 0.3) is 5.89 Å². The van der Waals surface area contributed by atoms with Gasteiger partial charge in [0.15, 0.2) is 0 Å². The third-order valence-electron chi connectivity index (χ3n) is 6.42. The predicted molar refractivity (Wildman–Crippen MR) is 122 cm³/mol. The summed E-state index contributed by atoms with van der Waals surface area (Å²) in [6.07, 6.45) is 3.26. The highest BCUT2D eigenvalue weighted by Gasteiger charge is 2.34. The number of benzene rings is 2. The van der Waals surface area contributed by atoms with Crippen LogP contribution in [0.15, 0.2) is 64.0 Å². The molecule has 172 valence electrons. The highest BCUT2D eigenvalue weighted by atomic mass is 32.2. The number of nitrogens with zero attached hydrogens (tertiary/aromatic N) is 4. The molecule has 0 unspecified atom stereocenters. The molecule has 0 spiro atoms. The van der Waals surface area contributed by atoms with Crippen LogP contribution in [0.4, 0.5) is 0 Å². The van der Waals surface area contributed by atoms with Crippen LogP contribution >= 0.6 is 0 Å². The molecule has 3 heterocycles. The predicted octanol–water partition coefficient (Wildman–Crippen LogP) is 3.43. The normalized spacial score (nSPS) is 18.0. The second-order valence-electron chi connectivity index (χ2n) is 8.52. The van der Waals surface area contributed by atoms with Crippen molar-refractivity contribution in [3.63, 3.8) is 0 Å². The molecular weight excluding hydrogens is 440 g/mol. The lowest BCUT2D eigenvalue weighted by molar-refractivity contribution is -0.135. The summed E-state index contributed by atoms with van der Waals surface area (Å²) < 4.78 is 33.1. The molecule has 1 aromatic heterocycles. The number of rotatable bonds is 5. The number of carbonyl (C=O) groups excluding carboxylic acids is 1. The fourth-order valence-electron chi connectivity index (χ4n) is 4.50. The van der Waals surface area contributed by atoms with Crippen LogP contribution in [0.3, 0.4) is 0 Å². The van der Waals surface area contributed by atoms with Crippen LogP contribution in [0, 0.1) is 5.92 Å². The monoisotopic (exact) mass is 466 g/mol. The van der Waals surface area contributed by atoms with Gasteiger partial charge in [0, 0.05) is 43.2 Å². The molecule has 33 heavy (non-hydrogen) atoms. The van der Waals surface area contributed by atoms with E-state index in [0.29, 0.717) is 43.2 Å². The summed E-state index contributed by atoms with van der Waals surface area (Å²) in [6, 6.07) is 16.0. The van der Waals surface area contributed by atoms with E-state index in [1.807, 2.05) is 35.2 Å². The van der Waals surface area contributed by atoms with E-state index < -0.39 is 10.0 Å². The van der Waals surface area contributed by atoms with Gasteiger partial charge in [0.1, 0.15) is 0 Å². The highest BCUT2D eigenvalue weighted by molar-refractivity contribution is 7.89. The maximum absolute atomic E-state index is 13.1. The second-order valence-corrected chi connectivity index (χ2v) is 10.5. The molecule has 8 nitrogen and oxygen atoms in total. The van der Waals surface area contributed by atoms with Gasteiger partial charge in [-0.1, -0.05) is 23.4 Å². The lowest BCUT2D eigenvalue weighted by Crippen LogP contribution is -2.43. The van der Waals surface area contributed by atoms with Gasteiger partial charge >= 0.3 is 0 Å². The molecule has 0 N–H and O–H groups in total. The summed E-state index contributed by atoms with van der Waals surface area (Å²) in [6.45, 7) is 2.38. The average Bonchev–Trinajstić information content (AvgIpc) is 3.57. The van der Waals surface area contributed by atoms with Gasteiger partial charge in [-0.3, -0.25) is 4.79 Å². The van der Waals surface area contributed by atoms with Crippen LogP contribution < -0.4 is 0 Å². The number of hydrogen-bond acceptors (Lipinski definition) is 6. The van der Waals surface area contributed by atoms with E-state index in [0.717, 1.165) is 31.5 Å². The van der Waals surface area contributed by atoms with E-state index >= 15 is 0 Å². The molecule has 5 rings (SSSR count). The summed E-state index contributed by atoms with van der Waals surface area (Å²) in [5, 5.41) is 4.02. The average molecular weight is 467 g/mol. The number of amides is 1. The molecule has 0 atom stereocenters. The Morgan fingerprint density at radius 3 is 2.21 bits per heavy atom. The molecular formula is C24H26N4O4S. The number of carbonyl (C=O) groups is 1. The van der Waals surface area contributed by atoms with E-state index in [4.69, 9.17) is 4.52 Å². The number of sulfonamides is 1. The van der Waals surface area contributed by atoms with Crippen LogP contribution in [-0.4, -0.2) is 59.8 Å². The molecule has 2 aromatic carbocycles. The minimum Gasteiger partial charge on any atom is -0.342 e. The van der Waals surface area contributed by atoms with Gasteiger partial charge in [-0.25, -0.2) is 8.42 Å². The van der Waals surface area contributed by atoms with E-state index in [-0.39, 0.29) is 16.7 Å². The first-order valence-corrected chi connectivity index (χ1v) is 12.7. The summed E-state index contributed by atoms with van der Waals surface area (Å²) in [5.74, 6) is 0.922. The molecule has 1 amide bonds. The maximum Gasteiger partial charge on any atom is 0.258 e. The number of hydrogen-bond donors (Lipinski definition) is 0. The van der Waals surface area contributed by atoms with Gasteiger partial charge in [0.2, 0.25) is 21.8 Å². The first-order valence-electron chi connectivity index (χ1n) is 11.3. The van der Waals surface area contributed by atoms with E-state index in [1.165, 1.54) is 4.31 Å². The van der Waals surface area contributed by atoms with Crippen LogP contribution in [0.2, 0.25) is 0 Å². The maximum atomic E-state index is 13.1. The van der Waals surface area contributed by atoms with Gasteiger partial charge < -0.3 is 9.42 Å². The fourth-order valence-corrected chi connectivity index (χ4v) is 5.97. The summed E-state index contributed by atoms with van der Waals surface area (Å²) >= 11 is 0. The van der Waals surface area contributed by atoms with Crippen LogP contribution in [-0.2, 0) is 14.8 Å². The zero-order valence-corrected chi connectivity index (χ0v) is 19.1. The van der Waals surface area contributed by atoms with Crippen LogP contribution in [0.1, 0.15) is 25.7 Å². The zero-order chi connectivity index (χ0) is 22.8. The van der Waals surface area contributed by atoms with Crippen LogP contribution in [0.25, 0.3) is 22.8 Å². The van der Waals surface area contributed by atoms with Gasteiger partial charge in [-0.05, 0) is 62.1 Å². The van der Waals surface area contributed by atoms with E-state index in [9.17, 15) is 13.2 Å². The Hall–Kier alpha value is -3.04. The molecule has 9 heteroatoms. The summed E-state index contributed by atoms with van der Waals surface area (Å²) in [4.78, 5) is 19.2. The van der Waals surface area contributed by atoms with E-state index in [1.54, 1.807) is 24.3 Å². The van der Waals surface area contributed by atoms with Crippen molar-refractivity contribution >= 4 is 15.9 Å². The van der Waals surface area contributed by atoms with E-state index in [2.05, 4.69) is 10.1 Å². The van der Waals surface area contributed by atoms with Crippen molar-refractivity contribution < 1.29 is 17.7 Å². The molecule has 0 saturated carbocycles. The molecule has 0 radical (unpaired) electrons. The second kappa shape index (κ2) is 9.07. The van der Waals surface area contributed by atoms with Gasteiger partial charge in [-0.2, -0.15) is 9.29 Å². The Labute approximate surface area is 193 Å². The Balaban J connectivity index is 1.25. The number of piperidine rings is 1. The molecule has 0 bridgehead atoms. The van der Waals surface area contributed by atoms with Crippen molar-refractivity contribution in [2.24, 2.45) is 5.92 Å². The fraction of sp³-hybridized carbons (Fsp3) is 0.375. The van der Waals surface area contributed by atoms with Crippen molar-refractivity contribution in [1.29, 1.82) is 0 Å². The molecule has 2 fully saturated rings. The minimum absolute atomic E-state index is 0.0750. The Kier molecular flexibility index (Phi) is 5.99. The molecule has 3 aromatic rings. The number of aromatic nitrogens is 2. The van der Waals surface area contributed by atoms with Crippen molar-refractivity contribution in [2.45, 2.75) is 30.6 Å². The zero-order valence-electron chi connectivity index (χ0n) is 18.3. The standard InChI is InChI=1S/C24H26N4O4S/c29-24(27-14-4-5-15-27)20-12-16-28(17-13-20)33(30,31)21-10-8-18(9-11-21)22-25-23(32-26-22)19-6-2-1-3-7-19/h1-3,6-11,20H,4-5,12-17H2. The van der Waals surface area contributed by atoms with Crippen molar-refractivity contribution in [2.75, 3.05) is 26.2 Å². The third-order valence-corrected chi connectivity index (χ3v) is 8.33. The minimum atomic E-state index is -3.62. The van der Waals surface area contributed by atoms with Crippen molar-refractivity contribution in [3.05, 3.63) is 54.6 Å². The molecule has 2 aliphatic rings. The smallest absolute Gasteiger partial charge is 0.258 e. The Morgan fingerprint density at radius 2 is 1.55 bits per heavy atom. The molecule has 2 aliphatic heterocycles. The lowest BCUT2D eigenvalue weighted by atomic mass is 9.97. The largest absolute Gasteiger partial charge is 0.342 e. The summed E-state index contributed by atoms with van der Waals surface area (Å²) in [7, 11) is -3.62. The molecule has 2 saturated heterocycles. The molecule has 0 aliphatic carbocycles. The topological polar surface area (TPSA) is 96.6 Å². The number of likely N-dealkylation sites (tertiary alicyclic amines) is 1. The summed E-state index contributed by atoms with van der Waals surface area (Å²) in [5.41, 5.74) is 1.50. The third kappa shape index (κ3) is 4.43. The lowest BCUT2D eigenvalue weighted by Gasteiger charge is -2.32.